The van der Waals surface area contributed by atoms with Gasteiger partial charge >= 0.3 is 0 Å². The molecule has 2 unspecified atom stereocenters. The summed E-state index contributed by atoms with van der Waals surface area (Å²) in [5.41, 5.74) is 1.70. The van der Waals surface area contributed by atoms with Gasteiger partial charge in [0.25, 0.3) is 5.91 Å². The van der Waals surface area contributed by atoms with Gasteiger partial charge in [0.15, 0.2) is 0 Å². The number of carbonyl (C=O) groups excluding carboxylic acids is 1. The van der Waals surface area contributed by atoms with Crippen molar-refractivity contribution in [3.8, 4) is 0 Å². The molecule has 0 heterocycles. The van der Waals surface area contributed by atoms with Crippen LogP contribution in [-0.2, 0) is 0 Å². The fourth-order valence-corrected chi connectivity index (χ4v) is 2.79. The number of aliphatic hydroxyl groups is 1. The van der Waals surface area contributed by atoms with E-state index in [1.807, 2.05) is 24.3 Å². The lowest BCUT2D eigenvalue weighted by molar-refractivity contribution is 0.0945. The lowest BCUT2D eigenvalue weighted by atomic mass is 9.87. The second-order valence-corrected chi connectivity index (χ2v) is 5.67. The molecular weight excluding hydrogens is 252 g/mol. The van der Waals surface area contributed by atoms with E-state index < -0.39 is 0 Å². The number of carbonyl (C=O) groups is 1. The first-order valence-electron chi connectivity index (χ1n) is 7.44. The molecule has 1 aliphatic rings. The molecule has 1 amide bonds. The van der Waals surface area contributed by atoms with Gasteiger partial charge in [-0.1, -0.05) is 19.8 Å². The van der Waals surface area contributed by atoms with Gasteiger partial charge in [-0.2, -0.15) is 0 Å². The van der Waals surface area contributed by atoms with Crippen molar-refractivity contribution in [3.63, 3.8) is 0 Å². The van der Waals surface area contributed by atoms with E-state index in [0.717, 1.165) is 11.6 Å². The second-order valence-electron chi connectivity index (χ2n) is 5.67. The molecule has 2 rings (SSSR count). The first-order valence-corrected chi connectivity index (χ1v) is 7.44. The molecular formula is C16H24N2O2. The Morgan fingerprint density at radius 3 is 2.70 bits per heavy atom. The second kappa shape index (κ2) is 7.29. The maximum atomic E-state index is 11.7. The quantitative estimate of drug-likeness (QED) is 0.774. The van der Waals surface area contributed by atoms with Crippen molar-refractivity contribution in [2.24, 2.45) is 5.92 Å². The number of amides is 1. The van der Waals surface area contributed by atoms with E-state index in [0.29, 0.717) is 18.2 Å². The SMILES string of the molecule is CC1CCCC(Nc2ccc(C(=O)NCCO)cc2)C1. The van der Waals surface area contributed by atoms with Crippen LogP contribution in [0.3, 0.4) is 0 Å². The first-order chi connectivity index (χ1) is 9.69. The predicted octanol–water partition coefficient (Wildman–Crippen LogP) is 2.40. The Labute approximate surface area is 120 Å². The lowest BCUT2D eigenvalue weighted by Crippen LogP contribution is -2.27. The summed E-state index contributed by atoms with van der Waals surface area (Å²) in [6.07, 6.45) is 5.07. The van der Waals surface area contributed by atoms with E-state index in [9.17, 15) is 4.79 Å². The Morgan fingerprint density at radius 1 is 1.30 bits per heavy atom. The van der Waals surface area contributed by atoms with Crippen molar-refractivity contribution in [1.29, 1.82) is 0 Å². The van der Waals surface area contributed by atoms with E-state index in [2.05, 4.69) is 17.6 Å². The highest BCUT2D eigenvalue weighted by molar-refractivity contribution is 5.94. The molecule has 4 nitrogen and oxygen atoms in total. The minimum Gasteiger partial charge on any atom is -0.395 e. The summed E-state index contributed by atoms with van der Waals surface area (Å²) in [4.78, 5) is 11.7. The highest BCUT2D eigenvalue weighted by atomic mass is 16.3. The average molecular weight is 276 g/mol. The van der Waals surface area contributed by atoms with Crippen LogP contribution in [0.25, 0.3) is 0 Å². The van der Waals surface area contributed by atoms with Gasteiger partial charge in [-0.15, -0.1) is 0 Å². The van der Waals surface area contributed by atoms with Gasteiger partial charge in [-0.3, -0.25) is 4.79 Å². The van der Waals surface area contributed by atoms with E-state index in [4.69, 9.17) is 5.11 Å². The summed E-state index contributed by atoms with van der Waals surface area (Å²) >= 11 is 0. The molecule has 110 valence electrons. The van der Waals surface area contributed by atoms with Crippen LogP contribution in [0.4, 0.5) is 5.69 Å². The molecule has 1 fully saturated rings. The van der Waals surface area contributed by atoms with E-state index in [1.54, 1.807) is 0 Å². The largest absolute Gasteiger partial charge is 0.395 e. The molecule has 1 aromatic carbocycles. The smallest absolute Gasteiger partial charge is 0.251 e. The van der Waals surface area contributed by atoms with Gasteiger partial charge in [0, 0.05) is 23.8 Å². The molecule has 0 saturated heterocycles. The maximum Gasteiger partial charge on any atom is 0.251 e. The Hall–Kier alpha value is -1.55. The molecule has 1 saturated carbocycles. The van der Waals surface area contributed by atoms with Crippen molar-refractivity contribution in [3.05, 3.63) is 29.8 Å². The van der Waals surface area contributed by atoms with Crippen LogP contribution in [0.1, 0.15) is 43.0 Å². The highest BCUT2D eigenvalue weighted by Gasteiger charge is 2.18. The summed E-state index contributed by atoms with van der Waals surface area (Å²) < 4.78 is 0. The van der Waals surface area contributed by atoms with Gasteiger partial charge in [-0.05, 0) is 43.0 Å². The van der Waals surface area contributed by atoms with Crippen molar-refractivity contribution < 1.29 is 9.90 Å². The van der Waals surface area contributed by atoms with Crippen molar-refractivity contribution >= 4 is 11.6 Å². The highest BCUT2D eigenvalue weighted by Crippen LogP contribution is 2.26. The molecule has 0 aromatic heterocycles. The molecule has 1 aliphatic carbocycles. The normalized spacial score (nSPS) is 22.3. The molecule has 0 spiro atoms. The fraction of sp³-hybridized carbons (Fsp3) is 0.562. The van der Waals surface area contributed by atoms with Crippen LogP contribution in [0, 0.1) is 5.92 Å². The third-order valence-electron chi connectivity index (χ3n) is 3.85. The van der Waals surface area contributed by atoms with Gasteiger partial charge in [0.1, 0.15) is 0 Å². The van der Waals surface area contributed by atoms with E-state index in [1.165, 1.54) is 25.7 Å². The average Bonchev–Trinajstić information content (AvgIpc) is 2.45. The summed E-state index contributed by atoms with van der Waals surface area (Å²) in [5.74, 6) is 0.654. The minimum absolute atomic E-state index is 0.0365. The number of hydrogen-bond acceptors (Lipinski definition) is 3. The molecule has 0 bridgehead atoms. The van der Waals surface area contributed by atoms with Crippen molar-refractivity contribution in [2.75, 3.05) is 18.5 Å². The predicted molar refractivity (Wildman–Crippen MR) is 80.9 cm³/mol. The monoisotopic (exact) mass is 276 g/mol. The number of benzene rings is 1. The Balaban J connectivity index is 1.89. The van der Waals surface area contributed by atoms with Crippen LogP contribution < -0.4 is 10.6 Å². The van der Waals surface area contributed by atoms with Crippen LogP contribution in [0.5, 0.6) is 0 Å². The Morgan fingerprint density at radius 2 is 2.05 bits per heavy atom. The van der Waals surface area contributed by atoms with E-state index in [-0.39, 0.29) is 12.5 Å². The van der Waals surface area contributed by atoms with Gasteiger partial charge in [0.2, 0.25) is 0 Å². The Bertz CT molecular complexity index is 431. The summed E-state index contributed by atoms with van der Waals surface area (Å²) in [7, 11) is 0. The molecule has 4 heteroatoms. The third-order valence-corrected chi connectivity index (χ3v) is 3.85. The fourth-order valence-electron chi connectivity index (χ4n) is 2.79. The number of rotatable bonds is 5. The number of hydrogen-bond donors (Lipinski definition) is 3. The first kappa shape index (κ1) is 14.9. The molecule has 0 aliphatic heterocycles. The maximum absolute atomic E-state index is 11.7. The summed E-state index contributed by atoms with van der Waals surface area (Å²) in [6.45, 7) is 2.56. The van der Waals surface area contributed by atoms with Crippen molar-refractivity contribution in [2.45, 2.75) is 38.6 Å². The molecule has 0 radical (unpaired) electrons. The topological polar surface area (TPSA) is 61.4 Å². The zero-order chi connectivity index (χ0) is 14.4. The Kier molecular flexibility index (Phi) is 5.41. The number of aliphatic hydroxyl groups excluding tert-OH is 1. The zero-order valence-corrected chi connectivity index (χ0v) is 12.1. The summed E-state index contributed by atoms with van der Waals surface area (Å²) in [5, 5.41) is 14.9. The van der Waals surface area contributed by atoms with Crippen LogP contribution in [0.15, 0.2) is 24.3 Å². The third kappa shape index (κ3) is 4.23. The lowest BCUT2D eigenvalue weighted by Gasteiger charge is -2.28. The number of nitrogens with one attached hydrogen (secondary N) is 2. The molecule has 3 N–H and O–H groups in total. The molecule has 2 atom stereocenters. The van der Waals surface area contributed by atoms with Crippen LogP contribution in [-0.4, -0.2) is 30.2 Å². The molecule has 20 heavy (non-hydrogen) atoms. The van der Waals surface area contributed by atoms with E-state index >= 15 is 0 Å². The van der Waals surface area contributed by atoms with Gasteiger partial charge in [0.05, 0.1) is 6.61 Å². The standard InChI is InChI=1S/C16H24N2O2/c1-12-3-2-4-15(11-12)18-14-7-5-13(6-8-14)16(20)17-9-10-19/h5-8,12,15,18-19H,2-4,9-11H2,1H3,(H,17,20). The van der Waals surface area contributed by atoms with Gasteiger partial charge < -0.3 is 15.7 Å². The van der Waals surface area contributed by atoms with Crippen LogP contribution >= 0.6 is 0 Å². The van der Waals surface area contributed by atoms with Gasteiger partial charge in [-0.25, -0.2) is 0 Å². The number of anilines is 1. The zero-order valence-electron chi connectivity index (χ0n) is 12.1. The molecule has 1 aromatic rings. The van der Waals surface area contributed by atoms with Crippen LogP contribution in [0.2, 0.25) is 0 Å². The minimum atomic E-state index is -0.142. The summed E-state index contributed by atoms with van der Waals surface area (Å²) in [6, 6.07) is 8.09. The van der Waals surface area contributed by atoms with Crippen molar-refractivity contribution in [1.82, 2.24) is 5.32 Å².